The molecule has 1 heterocycles. The van der Waals surface area contributed by atoms with E-state index in [4.69, 9.17) is 10.00 Å². The van der Waals surface area contributed by atoms with Gasteiger partial charge in [-0.15, -0.1) is 0 Å². The normalized spacial score (nSPS) is 16.5. The van der Waals surface area contributed by atoms with Gasteiger partial charge in [-0.3, -0.25) is 4.79 Å². The Morgan fingerprint density at radius 2 is 2.18 bits per heavy atom. The number of nitrogens with zero attached hydrogens (tertiary/aromatic N) is 2. The number of carbonyl (C=O) groups is 1. The molecule has 1 aliphatic heterocycles. The molecule has 0 aromatic heterocycles. The van der Waals surface area contributed by atoms with Crippen molar-refractivity contribution >= 4 is 5.91 Å². The molecule has 0 aromatic rings. The van der Waals surface area contributed by atoms with Gasteiger partial charge >= 0.3 is 0 Å². The minimum atomic E-state index is -0.169. The van der Waals surface area contributed by atoms with Gasteiger partial charge in [-0.25, -0.2) is 0 Å². The molecule has 0 aromatic carbocycles. The molecule has 1 saturated heterocycles. The molecule has 94 valence electrons. The molecule has 1 amide bonds. The number of piperidine rings is 1. The summed E-state index contributed by atoms with van der Waals surface area (Å²) >= 11 is 0. The van der Waals surface area contributed by atoms with Crippen LogP contribution >= 0.6 is 0 Å². The van der Waals surface area contributed by atoms with E-state index >= 15 is 0 Å². The van der Waals surface area contributed by atoms with Gasteiger partial charge in [-0.05, 0) is 19.3 Å². The van der Waals surface area contributed by atoms with Gasteiger partial charge in [0.05, 0.1) is 6.61 Å². The number of likely N-dealkylation sites (tertiary alicyclic amines) is 1. The molecule has 5 nitrogen and oxygen atoms in total. The first-order chi connectivity index (χ1) is 8.29. The SMILES string of the molecule is COCCN/C=C(/C#N)C(=O)N1CCCCC1. The molecule has 0 saturated carbocycles. The van der Waals surface area contributed by atoms with Gasteiger partial charge in [0.2, 0.25) is 0 Å². The highest BCUT2D eigenvalue weighted by Crippen LogP contribution is 2.11. The summed E-state index contributed by atoms with van der Waals surface area (Å²) in [5.41, 5.74) is 0.169. The van der Waals surface area contributed by atoms with Crippen LogP contribution in [0, 0.1) is 11.3 Å². The van der Waals surface area contributed by atoms with Crippen LogP contribution in [-0.2, 0) is 9.53 Å². The molecular formula is C12H19N3O2. The van der Waals surface area contributed by atoms with Crippen molar-refractivity contribution in [1.82, 2.24) is 10.2 Å². The summed E-state index contributed by atoms with van der Waals surface area (Å²) in [5.74, 6) is -0.169. The summed E-state index contributed by atoms with van der Waals surface area (Å²) in [4.78, 5) is 13.7. The summed E-state index contributed by atoms with van der Waals surface area (Å²) < 4.78 is 4.86. The lowest BCUT2D eigenvalue weighted by Gasteiger charge is -2.26. The lowest BCUT2D eigenvalue weighted by molar-refractivity contribution is -0.127. The van der Waals surface area contributed by atoms with Gasteiger partial charge in [-0.1, -0.05) is 0 Å². The summed E-state index contributed by atoms with van der Waals surface area (Å²) in [6.07, 6.45) is 4.71. The number of methoxy groups -OCH3 is 1. The summed E-state index contributed by atoms with van der Waals surface area (Å²) in [7, 11) is 1.61. The minimum Gasteiger partial charge on any atom is -0.387 e. The van der Waals surface area contributed by atoms with E-state index in [0.717, 1.165) is 25.9 Å². The van der Waals surface area contributed by atoms with Gasteiger partial charge in [-0.2, -0.15) is 5.26 Å². The zero-order valence-electron chi connectivity index (χ0n) is 10.2. The van der Waals surface area contributed by atoms with E-state index in [1.54, 1.807) is 12.0 Å². The van der Waals surface area contributed by atoms with Crippen LogP contribution in [0.1, 0.15) is 19.3 Å². The van der Waals surface area contributed by atoms with Crippen LogP contribution in [0.25, 0.3) is 0 Å². The number of nitriles is 1. The van der Waals surface area contributed by atoms with Crippen molar-refractivity contribution in [2.75, 3.05) is 33.4 Å². The standard InChI is InChI=1S/C12H19N3O2/c1-17-8-5-14-10-11(9-13)12(16)15-6-3-2-4-7-15/h10,14H,2-8H2,1H3/b11-10-. The topological polar surface area (TPSA) is 65.4 Å². The number of ether oxygens (including phenoxy) is 1. The zero-order chi connectivity index (χ0) is 12.5. The molecule has 0 radical (unpaired) electrons. The first kappa shape index (κ1) is 13.5. The van der Waals surface area contributed by atoms with Gasteiger partial charge in [0.1, 0.15) is 11.6 Å². The van der Waals surface area contributed by atoms with E-state index in [0.29, 0.717) is 13.2 Å². The molecule has 0 spiro atoms. The molecule has 0 aliphatic carbocycles. The monoisotopic (exact) mass is 237 g/mol. The smallest absolute Gasteiger partial charge is 0.265 e. The third kappa shape index (κ3) is 4.45. The number of hydrogen-bond acceptors (Lipinski definition) is 4. The second-order valence-electron chi connectivity index (χ2n) is 3.97. The van der Waals surface area contributed by atoms with E-state index < -0.39 is 0 Å². The van der Waals surface area contributed by atoms with Crippen LogP contribution in [0.15, 0.2) is 11.8 Å². The Morgan fingerprint density at radius 1 is 1.47 bits per heavy atom. The molecule has 1 N–H and O–H groups in total. The summed E-state index contributed by atoms with van der Waals surface area (Å²) in [5, 5.41) is 11.8. The van der Waals surface area contributed by atoms with Crippen LogP contribution in [0.2, 0.25) is 0 Å². The largest absolute Gasteiger partial charge is 0.387 e. The van der Waals surface area contributed by atoms with Crippen LogP contribution in [0.5, 0.6) is 0 Å². The molecule has 5 heteroatoms. The maximum atomic E-state index is 12.0. The Kier molecular flexibility index (Phi) is 6.12. The third-order valence-corrected chi connectivity index (χ3v) is 2.69. The molecule has 1 fully saturated rings. The molecule has 1 rings (SSSR count). The number of rotatable bonds is 5. The number of nitrogens with one attached hydrogen (secondary N) is 1. The van der Waals surface area contributed by atoms with E-state index in [1.807, 2.05) is 6.07 Å². The van der Waals surface area contributed by atoms with Gasteiger partial charge < -0.3 is 15.0 Å². The quantitative estimate of drug-likeness (QED) is 0.433. The highest BCUT2D eigenvalue weighted by atomic mass is 16.5. The van der Waals surface area contributed by atoms with Crippen LogP contribution in [0.3, 0.4) is 0 Å². The Labute approximate surface area is 102 Å². The maximum absolute atomic E-state index is 12.0. The third-order valence-electron chi connectivity index (χ3n) is 2.69. The summed E-state index contributed by atoms with van der Waals surface area (Å²) in [6, 6.07) is 1.94. The Balaban J connectivity index is 2.48. The Hall–Kier alpha value is -1.54. The van der Waals surface area contributed by atoms with Crippen molar-refractivity contribution in [3.8, 4) is 6.07 Å². The first-order valence-electron chi connectivity index (χ1n) is 5.91. The van der Waals surface area contributed by atoms with Gasteiger partial charge in [0, 0.05) is 32.9 Å². The first-order valence-corrected chi connectivity index (χ1v) is 5.91. The van der Waals surface area contributed by atoms with E-state index in [1.165, 1.54) is 12.6 Å². The van der Waals surface area contributed by atoms with Crippen molar-refractivity contribution < 1.29 is 9.53 Å². The maximum Gasteiger partial charge on any atom is 0.265 e. The van der Waals surface area contributed by atoms with E-state index in [9.17, 15) is 4.79 Å². The van der Waals surface area contributed by atoms with Crippen molar-refractivity contribution in [3.05, 3.63) is 11.8 Å². The van der Waals surface area contributed by atoms with E-state index in [-0.39, 0.29) is 11.5 Å². The molecule has 0 bridgehead atoms. The van der Waals surface area contributed by atoms with Crippen molar-refractivity contribution in [3.63, 3.8) is 0 Å². The van der Waals surface area contributed by atoms with Crippen molar-refractivity contribution in [1.29, 1.82) is 5.26 Å². The average molecular weight is 237 g/mol. The van der Waals surface area contributed by atoms with Gasteiger partial charge in [0.15, 0.2) is 0 Å². The fraction of sp³-hybridized carbons (Fsp3) is 0.667. The zero-order valence-corrected chi connectivity index (χ0v) is 10.2. The molecule has 0 unspecified atom stereocenters. The highest BCUT2D eigenvalue weighted by Gasteiger charge is 2.19. The number of hydrogen-bond donors (Lipinski definition) is 1. The molecular weight excluding hydrogens is 218 g/mol. The second kappa shape index (κ2) is 7.69. The van der Waals surface area contributed by atoms with Crippen LogP contribution in [-0.4, -0.2) is 44.2 Å². The van der Waals surface area contributed by atoms with Crippen LogP contribution < -0.4 is 5.32 Å². The lowest BCUT2D eigenvalue weighted by atomic mass is 10.1. The number of carbonyl (C=O) groups excluding carboxylic acids is 1. The highest BCUT2D eigenvalue weighted by molar-refractivity contribution is 5.97. The van der Waals surface area contributed by atoms with Gasteiger partial charge in [0.25, 0.3) is 5.91 Å². The Morgan fingerprint density at radius 3 is 2.76 bits per heavy atom. The van der Waals surface area contributed by atoms with Crippen molar-refractivity contribution in [2.45, 2.75) is 19.3 Å². The molecule has 0 atom stereocenters. The average Bonchev–Trinajstić information content (AvgIpc) is 2.39. The minimum absolute atomic E-state index is 0.169. The molecule has 17 heavy (non-hydrogen) atoms. The fourth-order valence-electron chi connectivity index (χ4n) is 1.74. The molecule has 1 aliphatic rings. The fourth-order valence-corrected chi connectivity index (χ4v) is 1.74. The predicted octanol–water partition coefficient (Wildman–Crippen LogP) is 0.642. The van der Waals surface area contributed by atoms with Crippen molar-refractivity contribution in [2.24, 2.45) is 0 Å². The lowest BCUT2D eigenvalue weighted by Crippen LogP contribution is -2.36. The summed E-state index contributed by atoms with van der Waals surface area (Å²) in [6.45, 7) is 2.66. The second-order valence-corrected chi connectivity index (χ2v) is 3.97. The number of amides is 1. The Bertz CT molecular complexity index is 314. The van der Waals surface area contributed by atoms with Crippen LogP contribution in [0.4, 0.5) is 0 Å². The predicted molar refractivity (Wildman–Crippen MR) is 64.0 cm³/mol. The van der Waals surface area contributed by atoms with E-state index in [2.05, 4.69) is 5.32 Å².